The smallest absolute Gasteiger partial charge is 0.343 e. The lowest BCUT2D eigenvalue weighted by atomic mass is 9.78. The van der Waals surface area contributed by atoms with Gasteiger partial charge in [-0.3, -0.25) is 4.79 Å². The van der Waals surface area contributed by atoms with Gasteiger partial charge in [-0.15, -0.1) is 0 Å². The first-order valence-electron chi connectivity index (χ1n) is 7.49. The van der Waals surface area contributed by atoms with Crippen LogP contribution in [0.2, 0.25) is 0 Å². The molecule has 1 amide bonds. The molecule has 2 heterocycles. The van der Waals surface area contributed by atoms with E-state index in [0.717, 1.165) is 32.4 Å². The van der Waals surface area contributed by atoms with E-state index in [-0.39, 0.29) is 5.91 Å². The minimum Gasteiger partial charge on any atom is -0.343 e. The second-order valence-corrected chi connectivity index (χ2v) is 6.04. The molecule has 0 N–H and O–H groups in total. The number of amides is 1. The second-order valence-electron chi connectivity index (χ2n) is 6.04. The van der Waals surface area contributed by atoms with Crippen LogP contribution in [-0.2, 0) is 18.3 Å². The predicted octanol–water partition coefficient (Wildman–Crippen LogP) is 1.26. The highest BCUT2D eigenvalue weighted by atomic mass is 16.5. The highest BCUT2D eigenvalue weighted by molar-refractivity contribution is 5.76. The number of hydrogen-bond donors (Lipinski definition) is 0. The molecule has 0 radical (unpaired) electrons. The summed E-state index contributed by atoms with van der Waals surface area (Å²) in [5, 5.41) is 7.61. The Morgan fingerprint density at radius 2 is 2.15 bits per heavy atom. The third kappa shape index (κ3) is 3.77. The van der Waals surface area contributed by atoms with Crippen LogP contribution in [-0.4, -0.2) is 34.2 Å². The maximum Gasteiger partial charge on any atom is 0.383 e. The van der Waals surface area contributed by atoms with Crippen molar-refractivity contribution in [3.05, 3.63) is 5.89 Å². The lowest BCUT2D eigenvalue weighted by Gasteiger charge is -2.39. The lowest BCUT2D eigenvalue weighted by Crippen LogP contribution is -2.41. The quantitative estimate of drug-likeness (QED) is 0.762. The maximum atomic E-state index is 12.1. The number of likely N-dealkylation sites (tertiary alicyclic amines) is 1. The first-order valence-corrected chi connectivity index (χ1v) is 7.49. The monoisotopic (exact) mass is 281 g/mol. The molecule has 1 aromatic heterocycles. The van der Waals surface area contributed by atoms with E-state index in [2.05, 4.69) is 24.2 Å². The number of nitrogens with zero attached hydrogens (tertiary/aromatic N) is 4. The van der Waals surface area contributed by atoms with Crippen LogP contribution in [0.4, 0.5) is 0 Å². The van der Waals surface area contributed by atoms with Gasteiger partial charge in [-0.2, -0.15) is 0 Å². The highest BCUT2D eigenvalue weighted by Crippen LogP contribution is 2.34. The Morgan fingerprint density at radius 3 is 2.70 bits per heavy atom. The molecule has 6 heteroatoms. The highest BCUT2D eigenvalue weighted by Gasteiger charge is 2.30. The zero-order chi connectivity index (χ0) is 14.6. The molecule has 0 unspecified atom stereocenters. The summed E-state index contributed by atoms with van der Waals surface area (Å²) >= 11 is 0. The lowest BCUT2D eigenvalue weighted by molar-refractivity contribution is -0.893. The van der Waals surface area contributed by atoms with Crippen molar-refractivity contribution in [2.24, 2.45) is 12.5 Å². The van der Waals surface area contributed by atoms with E-state index in [1.165, 1.54) is 11.3 Å². The first kappa shape index (κ1) is 14.9. The topological polar surface area (TPSA) is 63.1 Å². The van der Waals surface area contributed by atoms with E-state index in [9.17, 15) is 4.79 Å². The maximum absolute atomic E-state index is 12.1. The van der Waals surface area contributed by atoms with E-state index in [4.69, 9.17) is 4.52 Å². The zero-order valence-electron chi connectivity index (χ0n) is 12.8. The number of aromatic nitrogens is 3. The first-order chi connectivity index (χ1) is 9.52. The second kappa shape index (κ2) is 6.33. The summed E-state index contributed by atoms with van der Waals surface area (Å²) in [6.07, 6.45) is 5.43. The Morgan fingerprint density at radius 1 is 1.45 bits per heavy atom. The van der Waals surface area contributed by atoms with Gasteiger partial charge in [-0.05, 0) is 24.7 Å². The normalized spacial score (nSPS) is 18.2. The van der Waals surface area contributed by atoms with Gasteiger partial charge in [0.25, 0.3) is 0 Å². The van der Waals surface area contributed by atoms with Crippen molar-refractivity contribution in [1.82, 2.24) is 15.2 Å². The molecule has 0 spiro atoms. The third-order valence-electron chi connectivity index (χ3n) is 4.48. The molecule has 0 aromatic carbocycles. The van der Waals surface area contributed by atoms with Crippen LogP contribution in [0.25, 0.3) is 0 Å². The van der Waals surface area contributed by atoms with Crippen LogP contribution < -0.4 is 4.85 Å². The van der Waals surface area contributed by atoms with Gasteiger partial charge in [0, 0.05) is 24.4 Å². The standard InChI is InChI=1S/C14H25N4O2/c1-4-14(2)8-10-18(11-9-14)13(19)7-5-6-12-15-16-17(3)20-12/h4-11H2,1-3H3/q+1. The van der Waals surface area contributed by atoms with Crippen LogP contribution in [0, 0.1) is 5.41 Å². The van der Waals surface area contributed by atoms with Crippen molar-refractivity contribution in [3.63, 3.8) is 0 Å². The van der Waals surface area contributed by atoms with Crippen molar-refractivity contribution < 1.29 is 14.2 Å². The molecule has 0 aliphatic carbocycles. The summed E-state index contributed by atoms with van der Waals surface area (Å²) < 4.78 is 5.22. The molecule has 0 atom stereocenters. The minimum absolute atomic E-state index is 0.257. The molecule has 1 aliphatic heterocycles. The molecule has 0 saturated carbocycles. The third-order valence-corrected chi connectivity index (χ3v) is 4.48. The van der Waals surface area contributed by atoms with Crippen LogP contribution in [0.15, 0.2) is 4.52 Å². The van der Waals surface area contributed by atoms with Gasteiger partial charge in [0.15, 0.2) is 5.21 Å². The predicted molar refractivity (Wildman–Crippen MR) is 72.6 cm³/mol. The largest absolute Gasteiger partial charge is 0.383 e. The number of hydrogen-bond acceptors (Lipinski definition) is 4. The van der Waals surface area contributed by atoms with Gasteiger partial charge >= 0.3 is 5.89 Å². The van der Waals surface area contributed by atoms with Crippen LogP contribution in [0.5, 0.6) is 0 Å². The van der Waals surface area contributed by atoms with Crippen LogP contribution in [0.1, 0.15) is 51.8 Å². The van der Waals surface area contributed by atoms with Crippen LogP contribution >= 0.6 is 0 Å². The van der Waals surface area contributed by atoms with Gasteiger partial charge in [0.2, 0.25) is 5.91 Å². The van der Waals surface area contributed by atoms with Crippen molar-refractivity contribution in [2.45, 2.75) is 52.4 Å². The van der Waals surface area contributed by atoms with E-state index >= 15 is 0 Å². The number of rotatable bonds is 5. The molecule has 0 bridgehead atoms. The fraction of sp³-hybridized carbons (Fsp3) is 0.857. The van der Waals surface area contributed by atoms with E-state index in [1.54, 1.807) is 7.05 Å². The average Bonchev–Trinajstić information content (AvgIpc) is 2.85. The van der Waals surface area contributed by atoms with Gasteiger partial charge in [0.1, 0.15) is 12.1 Å². The van der Waals surface area contributed by atoms with Crippen molar-refractivity contribution in [1.29, 1.82) is 0 Å². The van der Waals surface area contributed by atoms with E-state index in [1.807, 2.05) is 4.90 Å². The molecule has 1 aliphatic rings. The SMILES string of the molecule is CCC1(C)CCN(C(=O)CCCc2nn[n+](C)o2)CC1. The van der Waals surface area contributed by atoms with Crippen LogP contribution in [0.3, 0.4) is 0 Å². The molecule has 20 heavy (non-hydrogen) atoms. The summed E-state index contributed by atoms with van der Waals surface area (Å²) in [6.45, 7) is 6.36. The van der Waals surface area contributed by atoms with Gasteiger partial charge in [-0.25, -0.2) is 4.52 Å². The Labute approximate surface area is 120 Å². The van der Waals surface area contributed by atoms with Gasteiger partial charge in [-0.1, -0.05) is 20.3 Å². The Hall–Kier alpha value is -1.46. The van der Waals surface area contributed by atoms with E-state index < -0.39 is 0 Å². The Kier molecular flexibility index (Phi) is 4.73. The van der Waals surface area contributed by atoms with Crippen molar-refractivity contribution >= 4 is 5.91 Å². The molecule has 112 valence electrons. The summed E-state index contributed by atoms with van der Waals surface area (Å²) in [5.74, 6) is 0.851. The number of carbonyl (C=O) groups excluding carboxylic acids is 1. The number of carbonyl (C=O) groups is 1. The minimum atomic E-state index is 0.257. The fourth-order valence-corrected chi connectivity index (χ4v) is 2.60. The summed E-state index contributed by atoms with van der Waals surface area (Å²) in [4.78, 5) is 15.5. The molecule has 2 rings (SSSR count). The average molecular weight is 281 g/mol. The van der Waals surface area contributed by atoms with Crippen molar-refractivity contribution in [3.8, 4) is 0 Å². The Balaban J connectivity index is 1.70. The summed E-state index contributed by atoms with van der Waals surface area (Å²) in [6, 6.07) is 0. The Bertz CT molecular complexity index is 450. The van der Waals surface area contributed by atoms with Gasteiger partial charge in [0.05, 0.1) is 6.42 Å². The summed E-state index contributed by atoms with van der Waals surface area (Å²) in [5.41, 5.74) is 0.426. The molecule has 1 aromatic rings. The number of aryl methyl sites for hydroxylation is 2. The molecule has 1 saturated heterocycles. The molecular weight excluding hydrogens is 256 g/mol. The van der Waals surface area contributed by atoms with Crippen molar-refractivity contribution in [2.75, 3.05) is 13.1 Å². The van der Waals surface area contributed by atoms with Gasteiger partial charge < -0.3 is 4.90 Å². The fourth-order valence-electron chi connectivity index (χ4n) is 2.60. The zero-order valence-corrected chi connectivity index (χ0v) is 12.8. The van der Waals surface area contributed by atoms with E-state index in [0.29, 0.717) is 24.1 Å². The summed E-state index contributed by atoms with van der Waals surface area (Å²) in [7, 11) is 1.69. The molecule has 1 fully saturated rings. The number of piperidine rings is 1. The molecule has 6 nitrogen and oxygen atoms in total. The molecular formula is C14H25N4O2+.